The minimum atomic E-state index is 1.30. The van der Waals surface area contributed by atoms with Crippen LogP contribution in [-0.2, 0) is 0 Å². The predicted octanol–water partition coefficient (Wildman–Crippen LogP) is 0.470. The zero-order chi connectivity index (χ0) is 5.82. The third-order valence-electron chi connectivity index (χ3n) is 1.04. The lowest BCUT2D eigenvalue weighted by Crippen LogP contribution is -1.75. The van der Waals surface area contributed by atoms with E-state index in [0.29, 0.717) is 0 Å². The van der Waals surface area contributed by atoms with E-state index in [4.69, 9.17) is 0 Å². The Hall–Kier alpha value is -0.693. The molecule has 0 atom stereocenters. The first-order valence-electron chi connectivity index (χ1n) is 2.61. The molecule has 0 bridgehead atoms. The molecule has 0 aliphatic rings. The van der Waals surface area contributed by atoms with Crippen molar-refractivity contribution in [3.05, 3.63) is 35.9 Å². The van der Waals surface area contributed by atoms with Gasteiger partial charge in [-0.2, -0.15) is 0 Å². The second-order valence-corrected chi connectivity index (χ2v) is 2.02. The van der Waals surface area contributed by atoms with Crippen LogP contribution >= 0.6 is 0 Å². The molecule has 0 nitrogen and oxygen atoms in total. The van der Waals surface area contributed by atoms with Crippen LogP contribution in [-0.4, -0.2) is 15.5 Å². The van der Waals surface area contributed by atoms with Gasteiger partial charge in [0.05, 0.1) is 0 Å². The number of hydrogen-bond donors (Lipinski definition) is 0. The van der Waals surface area contributed by atoms with Gasteiger partial charge in [0.2, 0.25) is 0 Å². The van der Waals surface area contributed by atoms with Crippen LogP contribution in [0.15, 0.2) is 30.3 Å². The highest BCUT2D eigenvalue weighted by Gasteiger charge is 1.75. The van der Waals surface area contributed by atoms with Crippen molar-refractivity contribution in [1.82, 2.24) is 0 Å². The summed E-state index contributed by atoms with van der Waals surface area (Å²) in [5.74, 6) is 0. The highest BCUT2D eigenvalue weighted by atomic mass is 28.1. The van der Waals surface area contributed by atoms with Gasteiger partial charge in [0.1, 0.15) is 0 Å². The van der Waals surface area contributed by atoms with E-state index >= 15 is 0 Å². The fourth-order valence-corrected chi connectivity index (χ4v) is 0.861. The molecular weight excluding hydrogens is 112 g/mol. The average molecular weight is 120 g/mol. The van der Waals surface area contributed by atoms with E-state index in [1.165, 1.54) is 5.56 Å². The van der Waals surface area contributed by atoms with E-state index in [1.807, 2.05) is 28.1 Å². The van der Waals surface area contributed by atoms with Gasteiger partial charge in [-0.3, -0.25) is 0 Å². The van der Waals surface area contributed by atoms with E-state index in [0.717, 1.165) is 0 Å². The van der Waals surface area contributed by atoms with Gasteiger partial charge in [0, 0.05) is 0 Å². The lowest BCUT2D eigenvalue weighted by Gasteiger charge is -1.85. The van der Waals surface area contributed by atoms with Crippen LogP contribution in [0.5, 0.6) is 0 Å². The standard InChI is InChI=1S/C7H8Si/c8-6-7-4-2-1-3-5-7/h1-6H,8H2. The summed E-state index contributed by atoms with van der Waals surface area (Å²) in [5, 5.41) is 0. The molecule has 0 saturated carbocycles. The van der Waals surface area contributed by atoms with Crippen molar-refractivity contribution < 1.29 is 0 Å². The van der Waals surface area contributed by atoms with Crippen LogP contribution in [0.3, 0.4) is 0 Å². The molecule has 0 spiro atoms. The molecule has 0 unspecified atom stereocenters. The summed E-state index contributed by atoms with van der Waals surface area (Å²) in [6.45, 7) is 0. The summed E-state index contributed by atoms with van der Waals surface area (Å²) in [4.78, 5) is 0. The molecule has 8 heavy (non-hydrogen) atoms. The summed E-state index contributed by atoms with van der Waals surface area (Å²) in [6, 6.07) is 10.3. The lowest BCUT2D eigenvalue weighted by atomic mass is 10.2. The van der Waals surface area contributed by atoms with Gasteiger partial charge in [-0.15, -0.1) is 0 Å². The maximum absolute atomic E-state index is 2.11. The molecule has 0 saturated heterocycles. The van der Waals surface area contributed by atoms with Crippen molar-refractivity contribution in [3.8, 4) is 0 Å². The Labute approximate surface area is 52.2 Å². The zero-order valence-electron chi connectivity index (χ0n) is 4.67. The summed E-state index contributed by atoms with van der Waals surface area (Å²) in [7, 11) is 1.86. The smallest absolute Gasteiger partial charge is 0.0228 e. The Bertz CT molecular complexity index is 167. The van der Waals surface area contributed by atoms with E-state index in [-0.39, 0.29) is 0 Å². The first-order chi connectivity index (χ1) is 3.93. The number of benzene rings is 1. The molecule has 1 aromatic carbocycles. The third kappa shape index (κ3) is 1.14. The molecule has 40 valence electrons. The fourth-order valence-electron chi connectivity index (χ4n) is 0.589. The minimum absolute atomic E-state index is 1.30. The largest absolute Gasteiger partial charge is 0.0813 e. The van der Waals surface area contributed by atoms with E-state index in [9.17, 15) is 0 Å². The molecule has 0 aliphatic heterocycles. The quantitative estimate of drug-likeness (QED) is 0.473. The molecule has 0 aromatic heterocycles. The first kappa shape index (κ1) is 5.44. The maximum atomic E-state index is 2.11. The van der Waals surface area contributed by atoms with E-state index in [2.05, 4.69) is 17.8 Å². The van der Waals surface area contributed by atoms with Crippen LogP contribution < -0.4 is 0 Å². The van der Waals surface area contributed by atoms with Crippen LogP contribution in [0.2, 0.25) is 0 Å². The van der Waals surface area contributed by atoms with Crippen molar-refractivity contribution >= 4 is 15.5 Å². The van der Waals surface area contributed by atoms with Gasteiger partial charge in [0.15, 0.2) is 0 Å². The van der Waals surface area contributed by atoms with Crippen LogP contribution in [0.4, 0.5) is 0 Å². The Kier molecular flexibility index (Phi) is 1.75. The van der Waals surface area contributed by atoms with Crippen molar-refractivity contribution in [1.29, 1.82) is 0 Å². The molecular formula is C7H8Si. The monoisotopic (exact) mass is 120 g/mol. The van der Waals surface area contributed by atoms with Crippen molar-refractivity contribution in [2.45, 2.75) is 0 Å². The van der Waals surface area contributed by atoms with Gasteiger partial charge in [-0.1, -0.05) is 36.0 Å². The Balaban J connectivity index is 2.99. The second kappa shape index (κ2) is 2.57. The molecule has 0 N–H and O–H groups in total. The lowest BCUT2D eigenvalue weighted by molar-refractivity contribution is 1.69. The van der Waals surface area contributed by atoms with Crippen molar-refractivity contribution in [2.24, 2.45) is 0 Å². The normalized spacial score (nSPS) is 8.50. The topological polar surface area (TPSA) is 0 Å². The highest BCUT2D eigenvalue weighted by molar-refractivity contribution is 6.32. The summed E-state index contributed by atoms with van der Waals surface area (Å²) >= 11 is 0. The van der Waals surface area contributed by atoms with Crippen LogP contribution in [0.1, 0.15) is 5.56 Å². The fraction of sp³-hybridized carbons (Fsp3) is 0. The number of hydrogen-bond acceptors (Lipinski definition) is 0. The molecule has 0 radical (unpaired) electrons. The van der Waals surface area contributed by atoms with Crippen LogP contribution in [0.25, 0.3) is 0 Å². The molecule has 0 amide bonds. The third-order valence-corrected chi connectivity index (χ3v) is 1.51. The summed E-state index contributed by atoms with van der Waals surface area (Å²) in [5.41, 5.74) is 3.41. The van der Waals surface area contributed by atoms with Gasteiger partial charge >= 0.3 is 0 Å². The number of rotatable bonds is 1. The predicted molar refractivity (Wildman–Crippen MR) is 40.2 cm³/mol. The molecule has 1 heteroatoms. The molecule has 0 aliphatic carbocycles. The molecule has 0 heterocycles. The molecule has 0 fully saturated rings. The zero-order valence-corrected chi connectivity index (χ0v) is 6.09. The highest BCUT2D eigenvalue weighted by Crippen LogP contribution is 1.91. The Morgan fingerprint density at radius 1 is 1.12 bits per heavy atom. The first-order valence-corrected chi connectivity index (χ1v) is 3.42. The van der Waals surface area contributed by atoms with Gasteiger partial charge < -0.3 is 0 Å². The van der Waals surface area contributed by atoms with E-state index in [1.54, 1.807) is 0 Å². The molecule has 1 aromatic rings. The van der Waals surface area contributed by atoms with E-state index < -0.39 is 0 Å². The second-order valence-electron chi connectivity index (χ2n) is 1.61. The van der Waals surface area contributed by atoms with Crippen LogP contribution in [0, 0.1) is 0 Å². The Morgan fingerprint density at radius 2 is 1.75 bits per heavy atom. The van der Waals surface area contributed by atoms with Crippen molar-refractivity contribution in [3.63, 3.8) is 0 Å². The van der Waals surface area contributed by atoms with Crippen molar-refractivity contribution in [2.75, 3.05) is 0 Å². The SMILES string of the molecule is [SiH2]=Cc1ccccc1. The summed E-state index contributed by atoms with van der Waals surface area (Å²) in [6.07, 6.45) is 0. The van der Waals surface area contributed by atoms with Gasteiger partial charge in [-0.05, 0) is 15.4 Å². The Morgan fingerprint density at radius 3 is 2.12 bits per heavy atom. The molecule has 1 rings (SSSR count). The minimum Gasteiger partial charge on any atom is -0.0813 e. The maximum Gasteiger partial charge on any atom is -0.0228 e. The van der Waals surface area contributed by atoms with Gasteiger partial charge in [-0.25, -0.2) is 0 Å². The average Bonchev–Trinajstić information content (AvgIpc) is 1.90. The van der Waals surface area contributed by atoms with Gasteiger partial charge in [0.25, 0.3) is 0 Å². The summed E-state index contributed by atoms with van der Waals surface area (Å²) < 4.78 is 0.